The number of carboxylic acids is 1. The van der Waals surface area contributed by atoms with Gasteiger partial charge in [-0.3, -0.25) is 9.59 Å². The zero-order valence-electron chi connectivity index (χ0n) is 10.0. The van der Waals surface area contributed by atoms with E-state index in [1.807, 2.05) is 13.8 Å². The van der Waals surface area contributed by atoms with E-state index in [1.165, 1.54) is 0 Å². The van der Waals surface area contributed by atoms with Gasteiger partial charge in [-0.05, 0) is 25.3 Å². The van der Waals surface area contributed by atoms with Crippen molar-refractivity contribution in [2.24, 2.45) is 17.6 Å². The van der Waals surface area contributed by atoms with Gasteiger partial charge in [0.05, 0.1) is 5.92 Å². The molecular weight excluding hydrogens is 208 g/mol. The topological polar surface area (TPSA) is 92.4 Å². The summed E-state index contributed by atoms with van der Waals surface area (Å²) < 4.78 is 0. The average molecular weight is 230 g/mol. The van der Waals surface area contributed by atoms with Crippen LogP contribution in [0.3, 0.4) is 0 Å². The Morgan fingerprint density at radius 3 is 2.44 bits per heavy atom. The summed E-state index contributed by atoms with van der Waals surface area (Å²) in [6, 6.07) is 0. The Morgan fingerprint density at radius 2 is 2.00 bits per heavy atom. The van der Waals surface area contributed by atoms with Gasteiger partial charge in [0.25, 0.3) is 0 Å². The number of amides is 1. The van der Waals surface area contributed by atoms with Crippen molar-refractivity contribution in [1.82, 2.24) is 5.32 Å². The highest BCUT2D eigenvalue weighted by atomic mass is 16.4. The number of carbonyl (C=O) groups is 2. The summed E-state index contributed by atoms with van der Waals surface area (Å²) in [5.41, 5.74) is 5.27. The van der Waals surface area contributed by atoms with Crippen LogP contribution in [-0.2, 0) is 9.59 Å². The zero-order chi connectivity index (χ0) is 12.6. The van der Waals surface area contributed by atoms with Crippen molar-refractivity contribution in [1.29, 1.82) is 0 Å². The first-order valence-corrected chi connectivity index (χ1v) is 5.67. The van der Waals surface area contributed by atoms with E-state index < -0.39 is 11.9 Å². The first-order valence-electron chi connectivity index (χ1n) is 5.67. The van der Waals surface area contributed by atoms with Gasteiger partial charge in [-0.1, -0.05) is 13.8 Å². The van der Waals surface area contributed by atoms with E-state index in [-0.39, 0.29) is 12.5 Å². The summed E-state index contributed by atoms with van der Waals surface area (Å²) in [7, 11) is 0. The van der Waals surface area contributed by atoms with Gasteiger partial charge in [0, 0.05) is 13.0 Å². The lowest BCUT2D eigenvalue weighted by Crippen LogP contribution is -2.33. The third-order valence-electron chi connectivity index (χ3n) is 2.26. The van der Waals surface area contributed by atoms with Crippen molar-refractivity contribution in [3.8, 4) is 0 Å². The Labute approximate surface area is 96.4 Å². The molecule has 0 saturated heterocycles. The van der Waals surface area contributed by atoms with Crippen molar-refractivity contribution in [3.63, 3.8) is 0 Å². The second kappa shape index (κ2) is 8.10. The van der Waals surface area contributed by atoms with E-state index >= 15 is 0 Å². The normalized spacial score (nSPS) is 12.5. The molecule has 1 amide bonds. The standard InChI is InChI=1S/C11H22N2O3/c1-8(2)6-9(11(15)16)7-13-10(14)4-3-5-12/h8-9H,3-7,12H2,1-2H3,(H,13,14)(H,15,16). The molecule has 5 heteroatoms. The van der Waals surface area contributed by atoms with Crippen molar-refractivity contribution in [2.45, 2.75) is 33.1 Å². The Balaban J connectivity index is 3.92. The molecule has 1 atom stereocenters. The van der Waals surface area contributed by atoms with Crippen molar-refractivity contribution in [2.75, 3.05) is 13.1 Å². The Morgan fingerprint density at radius 1 is 1.38 bits per heavy atom. The van der Waals surface area contributed by atoms with Gasteiger partial charge in [-0.2, -0.15) is 0 Å². The SMILES string of the molecule is CC(C)CC(CNC(=O)CCCN)C(=O)O. The molecule has 0 bridgehead atoms. The third kappa shape index (κ3) is 7.23. The highest BCUT2D eigenvalue weighted by Crippen LogP contribution is 2.11. The average Bonchev–Trinajstić information content (AvgIpc) is 2.20. The maximum absolute atomic E-state index is 11.3. The second-order valence-corrected chi connectivity index (χ2v) is 4.36. The largest absolute Gasteiger partial charge is 0.481 e. The van der Waals surface area contributed by atoms with Crippen LogP contribution in [0.1, 0.15) is 33.1 Å². The van der Waals surface area contributed by atoms with E-state index in [1.54, 1.807) is 0 Å². The van der Waals surface area contributed by atoms with Crippen LogP contribution in [-0.4, -0.2) is 30.1 Å². The summed E-state index contributed by atoms with van der Waals surface area (Å²) in [4.78, 5) is 22.1. The van der Waals surface area contributed by atoms with Crippen LogP contribution in [0.2, 0.25) is 0 Å². The van der Waals surface area contributed by atoms with E-state index in [2.05, 4.69) is 5.32 Å². The summed E-state index contributed by atoms with van der Waals surface area (Å²) in [6.07, 6.45) is 1.57. The van der Waals surface area contributed by atoms with Gasteiger partial charge in [0.2, 0.25) is 5.91 Å². The lowest BCUT2D eigenvalue weighted by Gasteiger charge is -2.15. The fourth-order valence-corrected chi connectivity index (χ4v) is 1.43. The molecule has 0 aliphatic heterocycles. The monoisotopic (exact) mass is 230 g/mol. The molecule has 0 aromatic heterocycles. The maximum atomic E-state index is 11.3. The predicted molar refractivity (Wildman–Crippen MR) is 61.9 cm³/mol. The smallest absolute Gasteiger partial charge is 0.308 e. The fourth-order valence-electron chi connectivity index (χ4n) is 1.43. The number of aliphatic carboxylic acids is 1. The molecule has 0 saturated carbocycles. The molecule has 0 heterocycles. The molecule has 4 N–H and O–H groups in total. The molecule has 0 aromatic carbocycles. The summed E-state index contributed by atoms with van der Waals surface area (Å²) in [6.45, 7) is 4.61. The Bertz CT molecular complexity index is 229. The van der Waals surface area contributed by atoms with Crippen LogP contribution in [0.4, 0.5) is 0 Å². The van der Waals surface area contributed by atoms with Gasteiger partial charge in [0.1, 0.15) is 0 Å². The van der Waals surface area contributed by atoms with Crippen LogP contribution >= 0.6 is 0 Å². The summed E-state index contributed by atoms with van der Waals surface area (Å²) >= 11 is 0. The minimum absolute atomic E-state index is 0.125. The quantitative estimate of drug-likeness (QED) is 0.569. The van der Waals surface area contributed by atoms with Gasteiger partial charge in [-0.15, -0.1) is 0 Å². The maximum Gasteiger partial charge on any atom is 0.308 e. The number of carbonyl (C=O) groups excluding carboxylic acids is 1. The number of carboxylic acid groups (broad SMARTS) is 1. The zero-order valence-corrected chi connectivity index (χ0v) is 10.0. The number of hydrogen-bond donors (Lipinski definition) is 3. The minimum atomic E-state index is -0.854. The molecule has 0 radical (unpaired) electrons. The molecule has 0 spiro atoms. The van der Waals surface area contributed by atoms with E-state index in [0.717, 1.165) is 0 Å². The predicted octanol–water partition coefficient (Wildman–Crippen LogP) is 0.588. The van der Waals surface area contributed by atoms with Crippen LogP contribution in [0.5, 0.6) is 0 Å². The van der Waals surface area contributed by atoms with Crippen molar-refractivity contribution >= 4 is 11.9 Å². The molecule has 1 unspecified atom stereocenters. The number of nitrogens with two attached hydrogens (primary N) is 1. The Kier molecular flexibility index (Phi) is 7.54. The van der Waals surface area contributed by atoms with Crippen LogP contribution in [0.25, 0.3) is 0 Å². The van der Waals surface area contributed by atoms with E-state index in [0.29, 0.717) is 31.7 Å². The number of hydrogen-bond acceptors (Lipinski definition) is 3. The number of nitrogens with one attached hydrogen (secondary N) is 1. The highest BCUT2D eigenvalue weighted by molar-refractivity contribution is 5.77. The molecule has 5 nitrogen and oxygen atoms in total. The van der Waals surface area contributed by atoms with Crippen molar-refractivity contribution in [3.05, 3.63) is 0 Å². The van der Waals surface area contributed by atoms with Gasteiger partial charge in [-0.25, -0.2) is 0 Å². The summed E-state index contributed by atoms with van der Waals surface area (Å²) in [5, 5.41) is 11.6. The molecular formula is C11H22N2O3. The summed E-state index contributed by atoms with van der Waals surface area (Å²) in [5.74, 6) is -1.17. The number of rotatable bonds is 8. The minimum Gasteiger partial charge on any atom is -0.481 e. The van der Waals surface area contributed by atoms with Crippen LogP contribution in [0.15, 0.2) is 0 Å². The fraction of sp³-hybridized carbons (Fsp3) is 0.818. The van der Waals surface area contributed by atoms with Crippen LogP contribution in [0, 0.1) is 11.8 Å². The van der Waals surface area contributed by atoms with E-state index in [9.17, 15) is 9.59 Å². The lowest BCUT2D eigenvalue weighted by molar-refractivity contribution is -0.142. The van der Waals surface area contributed by atoms with Gasteiger partial charge < -0.3 is 16.2 Å². The Hall–Kier alpha value is -1.10. The van der Waals surface area contributed by atoms with Gasteiger partial charge >= 0.3 is 5.97 Å². The van der Waals surface area contributed by atoms with Crippen molar-refractivity contribution < 1.29 is 14.7 Å². The van der Waals surface area contributed by atoms with Gasteiger partial charge in [0.15, 0.2) is 0 Å². The molecule has 16 heavy (non-hydrogen) atoms. The molecule has 0 rings (SSSR count). The molecule has 0 fully saturated rings. The lowest BCUT2D eigenvalue weighted by atomic mass is 9.97. The highest BCUT2D eigenvalue weighted by Gasteiger charge is 2.19. The molecule has 0 aromatic rings. The molecule has 0 aliphatic carbocycles. The van der Waals surface area contributed by atoms with E-state index in [4.69, 9.17) is 10.8 Å². The first-order chi connectivity index (χ1) is 7.47. The first kappa shape index (κ1) is 14.9. The second-order valence-electron chi connectivity index (χ2n) is 4.36. The molecule has 0 aliphatic rings. The van der Waals surface area contributed by atoms with Crippen LogP contribution < -0.4 is 11.1 Å². The molecule has 94 valence electrons. The third-order valence-corrected chi connectivity index (χ3v) is 2.26.